The molecule has 1 saturated heterocycles. The molecule has 0 aliphatic carbocycles. The largest absolute Gasteiger partial charge is 0.465 e. The lowest BCUT2D eigenvalue weighted by molar-refractivity contribution is 0.000911. The summed E-state index contributed by atoms with van der Waals surface area (Å²) in [5.41, 5.74) is 6.00. The van der Waals surface area contributed by atoms with E-state index >= 15 is 0 Å². The Balaban J connectivity index is 2.00. The van der Waals surface area contributed by atoms with E-state index in [1.165, 1.54) is 4.90 Å². The number of pyridine rings is 1. The molecule has 1 aromatic rings. The number of aromatic nitrogens is 1. The highest BCUT2D eigenvalue weighted by molar-refractivity contribution is 5.66. The predicted molar refractivity (Wildman–Crippen MR) is 56.7 cm³/mol. The molecule has 4 N–H and O–H groups in total. The van der Waals surface area contributed by atoms with Crippen molar-refractivity contribution in [2.24, 2.45) is 5.92 Å². The Bertz CT molecular complexity index is 404. The van der Waals surface area contributed by atoms with Gasteiger partial charge < -0.3 is 20.8 Å². The average molecular weight is 223 g/mol. The first kappa shape index (κ1) is 10.7. The monoisotopic (exact) mass is 223 g/mol. The zero-order chi connectivity index (χ0) is 11.7. The molecule has 86 valence electrons. The second-order valence-corrected chi connectivity index (χ2v) is 3.88. The van der Waals surface area contributed by atoms with Crippen molar-refractivity contribution in [1.82, 2.24) is 9.88 Å². The SMILES string of the molecule is Nc1cccc(C(O)C2CN(C(=O)O)C2)n1. The van der Waals surface area contributed by atoms with Crippen LogP contribution in [0.2, 0.25) is 0 Å². The molecule has 0 spiro atoms. The number of anilines is 1. The third-order valence-corrected chi connectivity index (χ3v) is 2.72. The molecular formula is C10H13N3O3. The molecule has 1 aliphatic rings. The van der Waals surface area contributed by atoms with Crippen molar-refractivity contribution in [3.05, 3.63) is 23.9 Å². The quantitative estimate of drug-likeness (QED) is 0.670. The molecule has 0 radical (unpaired) electrons. The Morgan fingerprint density at radius 2 is 2.25 bits per heavy atom. The van der Waals surface area contributed by atoms with E-state index in [0.717, 1.165) is 0 Å². The zero-order valence-corrected chi connectivity index (χ0v) is 8.58. The molecular weight excluding hydrogens is 210 g/mol. The normalized spacial score (nSPS) is 17.9. The number of hydrogen-bond donors (Lipinski definition) is 3. The molecule has 1 fully saturated rings. The van der Waals surface area contributed by atoms with Crippen LogP contribution in [0.4, 0.5) is 10.6 Å². The molecule has 2 heterocycles. The minimum absolute atomic E-state index is 0.0922. The summed E-state index contributed by atoms with van der Waals surface area (Å²) in [5, 5.41) is 18.6. The summed E-state index contributed by atoms with van der Waals surface area (Å²) in [6, 6.07) is 5.04. The number of aliphatic hydroxyl groups is 1. The van der Waals surface area contributed by atoms with E-state index in [4.69, 9.17) is 10.8 Å². The van der Waals surface area contributed by atoms with E-state index < -0.39 is 12.2 Å². The maximum Gasteiger partial charge on any atom is 0.407 e. The first-order valence-electron chi connectivity index (χ1n) is 4.96. The summed E-state index contributed by atoms with van der Waals surface area (Å²) in [6.45, 7) is 0.681. The Morgan fingerprint density at radius 3 is 2.81 bits per heavy atom. The maximum atomic E-state index is 10.5. The summed E-state index contributed by atoms with van der Waals surface area (Å²) in [7, 11) is 0. The molecule has 6 heteroatoms. The van der Waals surface area contributed by atoms with Crippen molar-refractivity contribution in [3.8, 4) is 0 Å². The first-order chi connectivity index (χ1) is 7.58. The third-order valence-electron chi connectivity index (χ3n) is 2.72. The molecule has 1 amide bonds. The smallest absolute Gasteiger partial charge is 0.407 e. The molecule has 1 aromatic heterocycles. The zero-order valence-electron chi connectivity index (χ0n) is 8.58. The lowest BCUT2D eigenvalue weighted by Gasteiger charge is -2.39. The number of likely N-dealkylation sites (tertiary alicyclic amines) is 1. The summed E-state index contributed by atoms with van der Waals surface area (Å²) in [6.07, 6.45) is -1.71. The Labute approximate surface area is 92.3 Å². The van der Waals surface area contributed by atoms with Gasteiger partial charge in [0.25, 0.3) is 0 Å². The minimum Gasteiger partial charge on any atom is -0.465 e. The maximum absolute atomic E-state index is 10.5. The van der Waals surface area contributed by atoms with Crippen LogP contribution in [-0.4, -0.2) is 39.3 Å². The molecule has 0 saturated carbocycles. The number of aliphatic hydroxyl groups excluding tert-OH is 1. The van der Waals surface area contributed by atoms with Crippen LogP contribution < -0.4 is 5.73 Å². The van der Waals surface area contributed by atoms with E-state index in [-0.39, 0.29) is 5.92 Å². The van der Waals surface area contributed by atoms with Crippen molar-refractivity contribution < 1.29 is 15.0 Å². The Hall–Kier alpha value is -1.82. The number of carboxylic acid groups (broad SMARTS) is 1. The van der Waals surface area contributed by atoms with Gasteiger partial charge in [-0.2, -0.15) is 0 Å². The van der Waals surface area contributed by atoms with Crippen LogP contribution in [0.5, 0.6) is 0 Å². The van der Waals surface area contributed by atoms with Crippen molar-refractivity contribution >= 4 is 11.9 Å². The van der Waals surface area contributed by atoms with Crippen LogP contribution in [0.15, 0.2) is 18.2 Å². The molecule has 1 atom stereocenters. The van der Waals surface area contributed by atoms with Gasteiger partial charge in [0, 0.05) is 19.0 Å². The number of nitrogens with zero attached hydrogens (tertiary/aromatic N) is 2. The standard InChI is InChI=1S/C10H13N3O3/c11-8-3-1-2-7(12-8)9(14)6-4-13(5-6)10(15)16/h1-3,6,9,14H,4-5H2,(H2,11,12)(H,15,16). The van der Waals surface area contributed by atoms with Crippen LogP contribution >= 0.6 is 0 Å². The van der Waals surface area contributed by atoms with Crippen LogP contribution in [-0.2, 0) is 0 Å². The molecule has 6 nitrogen and oxygen atoms in total. The summed E-state index contributed by atoms with van der Waals surface area (Å²) >= 11 is 0. The Morgan fingerprint density at radius 1 is 1.56 bits per heavy atom. The number of nitrogen functional groups attached to an aromatic ring is 1. The van der Waals surface area contributed by atoms with Gasteiger partial charge in [0.1, 0.15) is 11.9 Å². The van der Waals surface area contributed by atoms with Gasteiger partial charge in [-0.3, -0.25) is 0 Å². The number of rotatable bonds is 2. The fraction of sp³-hybridized carbons (Fsp3) is 0.400. The number of hydrogen-bond acceptors (Lipinski definition) is 4. The van der Waals surface area contributed by atoms with Crippen LogP contribution in [0.25, 0.3) is 0 Å². The summed E-state index contributed by atoms with van der Waals surface area (Å²) in [5.74, 6) is 0.261. The van der Waals surface area contributed by atoms with Crippen molar-refractivity contribution in [3.63, 3.8) is 0 Å². The molecule has 2 rings (SSSR count). The van der Waals surface area contributed by atoms with E-state index in [1.54, 1.807) is 18.2 Å². The average Bonchev–Trinajstić information content (AvgIpc) is 2.14. The summed E-state index contributed by atoms with van der Waals surface area (Å²) < 4.78 is 0. The molecule has 1 unspecified atom stereocenters. The topological polar surface area (TPSA) is 99.7 Å². The molecule has 0 aromatic carbocycles. The highest BCUT2D eigenvalue weighted by Gasteiger charge is 2.36. The van der Waals surface area contributed by atoms with Gasteiger partial charge >= 0.3 is 6.09 Å². The van der Waals surface area contributed by atoms with Gasteiger partial charge in [-0.15, -0.1) is 0 Å². The summed E-state index contributed by atoms with van der Waals surface area (Å²) in [4.78, 5) is 15.8. The minimum atomic E-state index is -0.955. The molecule has 0 bridgehead atoms. The fourth-order valence-electron chi connectivity index (χ4n) is 1.74. The van der Waals surface area contributed by atoms with Crippen LogP contribution in [0.1, 0.15) is 11.8 Å². The first-order valence-corrected chi connectivity index (χ1v) is 4.96. The number of nitrogens with two attached hydrogens (primary N) is 1. The van der Waals surface area contributed by atoms with E-state index in [9.17, 15) is 9.90 Å². The third kappa shape index (κ3) is 1.92. The van der Waals surface area contributed by atoms with Gasteiger partial charge in [-0.1, -0.05) is 6.07 Å². The van der Waals surface area contributed by atoms with E-state index in [0.29, 0.717) is 24.6 Å². The predicted octanol–water partition coefficient (Wildman–Crippen LogP) is 0.307. The van der Waals surface area contributed by atoms with Gasteiger partial charge in [0.15, 0.2) is 0 Å². The lowest BCUT2D eigenvalue weighted by atomic mass is 9.92. The fourth-order valence-corrected chi connectivity index (χ4v) is 1.74. The van der Waals surface area contributed by atoms with Gasteiger partial charge in [-0.25, -0.2) is 9.78 Å². The number of amides is 1. The van der Waals surface area contributed by atoms with Gasteiger partial charge in [0.05, 0.1) is 5.69 Å². The van der Waals surface area contributed by atoms with Crippen LogP contribution in [0, 0.1) is 5.92 Å². The van der Waals surface area contributed by atoms with Crippen molar-refractivity contribution in [2.75, 3.05) is 18.8 Å². The highest BCUT2D eigenvalue weighted by Crippen LogP contribution is 2.29. The van der Waals surface area contributed by atoms with Gasteiger partial charge in [-0.05, 0) is 12.1 Å². The molecule has 16 heavy (non-hydrogen) atoms. The van der Waals surface area contributed by atoms with Crippen molar-refractivity contribution in [2.45, 2.75) is 6.10 Å². The van der Waals surface area contributed by atoms with E-state index in [1.807, 2.05) is 0 Å². The Kier molecular flexibility index (Phi) is 2.66. The van der Waals surface area contributed by atoms with E-state index in [2.05, 4.69) is 4.98 Å². The van der Waals surface area contributed by atoms with Crippen LogP contribution in [0.3, 0.4) is 0 Å². The van der Waals surface area contributed by atoms with Gasteiger partial charge in [0.2, 0.25) is 0 Å². The second kappa shape index (κ2) is 3.97. The molecule has 1 aliphatic heterocycles. The number of carbonyl (C=O) groups is 1. The van der Waals surface area contributed by atoms with Crippen molar-refractivity contribution in [1.29, 1.82) is 0 Å². The second-order valence-electron chi connectivity index (χ2n) is 3.88. The highest BCUT2D eigenvalue weighted by atomic mass is 16.4. The lowest BCUT2D eigenvalue weighted by Crippen LogP contribution is -2.51.